The molecule has 0 saturated carbocycles. The molecule has 1 aromatic carbocycles. The van der Waals surface area contributed by atoms with Crippen LogP contribution in [0.2, 0.25) is 0 Å². The molecule has 7 nitrogen and oxygen atoms in total. The van der Waals surface area contributed by atoms with E-state index in [-0.39, 0.29) is 0 Å². The lowest BCUT2D eigenvalue weighted by Gasteiger charge is -2.15. The first-order valence-corrected chi connectivity index (χ1v) is 6.54. The highest BCUT2D eigenvalue weighted by molar-refractivity contribution is 5.95. The van der Waals surface area contributed by atoms with E-state index in [1.165, 1.54) is 6.92 Å². The van der Waals surface area contributed by atoms with Gasteiger partial charge in [0.05, 0.1) is 0 Å². The average molecular weight is 306 g/mol. The van der Waals surface area contributed by atoms with Gasteiger partial charge in [-0.2, -0.15) is 0 Å². The van der Waals surface area contributed by atoms with Crippen LogP contribution in [0.25, 0.3) is 0 Å². The number of amides is 2. The first-order valence-electron chi connectivity index (χ1n) is 6.54. The summed E-state index contributed by atoms with van der Waals surface area (Å²) >= 11 is 0. The minimum Gasteiger partial charge on any atom is -0.481 e. The third-order valence-corrected chi connectivity index (χ3v) is 2.85. The number of hydrogen-bond acceptors (Lipinski definition) is 4. The molecule has 0 fully saturated rings. The molecule has 3 N–H and O–H groups in total. The molecule has 0 spiro atoms. The summed E-state index contributed by atoms with van der Waals surface area (Å²) in [5.74, 6) is -2.03. The van der Waals surface area contributed by atoms with Crippen LogP contribution in [0.4, 0.5) is 0 Å². The fourth-order valence-corrected chi connectivity index (χ4v) is 1.46. The zero-order chi connectivity index (χ0) is 16.7. The summed E-state index contributed by atoms with van der Waals surface area (Å²) < 4.78 is 5.47. The molecule has 118 valence electrons. The largest absolute Gasteiger partial charge is 0.481 e. The second-order valence-electron chi connectivity index (χ2n) is 4.66. The first-order chi connectivity index (χ1) is 10.3. The third kappa shape index (κ3) is 5.66. The van der Waals surface area contributed by atoms with Crippen molar-refractivity contribution in [3.8, 4) is 5.75 Å². The summed E-state index contributed by atoms with van der Waals surface area (Å²) in [5, 5.41) is 8.36. The van der Waals surface area contributed by atoms with E-state index in [4.69, 9.17) is 9.84 Å². The highest BCUT2D eigenvalue weighted by Gasteiger charge is 2.15. The summed E-state index contributed by atoms with van der Waals surface area (Å²) in [6, 6.07) is 5.45. The molecule has 0 saturated heterocycles. The van der Waals surface area contributed by atoms with E-state index in [2.05, 4.69) is 10.9 Å². The predicted octanol–water partition coefficient (Wildman–Crippen LogP) is 0.859. The van der Waals surface area contributed by atoms with Crippen molar-refractivity contribution in [1.29, 1.82) is 0 Å². The van der Waals surface area contributed by atoms with Crippen molar-refractivity contribution in [2.45, 2.75) is 26.9 Å². The van der Waals surface area contributed by atoms with Crippen LogP contribution in [0.5, 0.6) is 5.75 Å². The van der Waals surface area contributed by atoms with Gasteiger partial charge in [0.2, 0.25) is 0 Å². The standard InChI is InChI=1S/C15H18N2O5/c1-9-4-5-12(8-10(9)2)22-11(3)15(21)17-16-13(18)6-7-14(19)20/h4-8,11H,1-3H3,(H,16,18)(H,17,21)(H,19,20)/b7-6+/t11-/m1/s1. The Balaban J connectivity index is 2.49. The van der Waals surface area contributed by atoms with Gasteiger partial charge in [-0.1, -0.05) is 6.07 Å². The lowest BCUT2D eigenvalue weighted by molar-refractivity contribution is -0.132. The van der Waals surface area contributed by atoms with Crippen LogP contribution in [0.15, 0.2) is 30.4 Å². The van der Waals surface area contributed by atoms with Crippen LogP contribution in [0.3, 0.4) is 0 Å². The minimum atomic E-state index is -1.26. The molecule has 0 aromatic heterocycles. The number of carboxylic acids is 1. The van der Waals surface area contributed by atoms with Crippen molar-refractivity contribution < 1.29 is 24.2 Å². The van der Waals surface area contributed by atoms with E-state index in [0.717, 1.165) is 17.2 Å². The number of rotatable bonds is 5. The molecule has 0 radical (unpaired) electrons. The van der Waals surface area contributed by atoms with Gasteiger partial charge in [0.15, 0.2) is 6.10 Å². The Morgan fingerprint density at radius 1 is 1.14 bits per heavy atom. The first kappa shape index (κ1) is 17.2. The lowest BCUT2D eigenvalue weighted by atomic mass is 10.1. The summed E-state index contributed by atoms with van der Waals surface area (Å²) in [7, 11) is 0. The van der Waals surface area contributed by atoms with Gasteiger partial charge >= 0.3 is 5.97 Å². The maximum Gasteiger partial charge on any atom is 0.328 e. The summed E-state index contributed by atoms with van der Waals surface area (Å²) in [6.07, 6.45) is 0.624. The Labute approximate surface area is 127 Å². The molecule has 0 aliphatic heterocycles. The van der Waals surface area contributed by atoms with Gasteiger partial charge in [-0.15, -0.1) is 0 Å². The fourth-order valence-electron chi connectivity index (χ4n) is 1.46. The van der Waals surface area contributed by atoms with Crippen molar-refractivity contribution in [2.75, 3.05) is 0 Å². The highest BCUT2D eigenvalue weighted by atomic mass is 16.5. The predicted molar refractivity (Wildman–Crippen MR) is 79.1 cm³/mol. The molecule has 0 bridgehead atoms. The second-order valence-corrected chi connectivity index (χ2v) is 4.66. The van der Waals surface area contributed by atoms with E-state index in [9.17, 15) is 14.4 Å². The van der Waals surface area contributed by atoms with Gasteiger partial charge in [-0.3, -0.25) is 20.4 Å². The topological polar surface area (TPSA) is 105 Å². The molecule has 1 rings (SSSR count). The average Bonchev–Trinajstić information content (AvgIpc) is 2.46. The molecule has 1 aromatic rings. The van der Waals surface area contributed by atoms with Gasteiger partial charge < -0.3 is 9.84 Å². The summed E-state index contributed by atoms with van der Waals surface area (Å²) in [6.45, 7) is 5.43. The number of nitrogens with one attached hydrogen (secondary N) is 2. The van der Waals surface area contributed by atoms with E-state index in [1.807, 2.05) is 26.0 Å². The van der Waals surface area contributed by atoms with Crippen molar-refractivity contribution >= 4 is 17.8 Å². The van der Waals surface area contributed by atoms with E-state index >= 15 is 0 Å². The maximum absolute atomic E-state index is 11.8. The van der Waals surface area contributed by atoms with Gasteiger partial charge in [-0.25, -0.2) is 4.79 Å². The maximum atomic E-state index is 11.8. The molecule has 0 aliphatic carbocycles. The Hall–Kier alpha value is -2.83. The van der Waals surface area contributed by atoms with Crippen LogP contribution >= 0.6 is 0 Å². The fraction of sp³-hybridized carbons (Fsp3) is 0.267. The molecule has 0 heterocycles. The number of hydrazine groups is 1. The summed E-state index contributed by atoms with van der Waals surface area (Å²) in [5.41, 5.74) is 6.35. The highest BCUT2D eigenvalue weighted by Crippen LogP contribution is 2.17. The van der Waals surface area contributed by atoms with E-state index < -0.39 is 23.9 Å². The van der Waals surface area contributed by atoms with E-state index in [1.54, 1.807) is 6.07 Å². The van der Waals surface area contributed by atoms with Crippen LogP contribution < -0.4 is 15.6 Å². The monoisotopic (exact) mass is 306 g/mol. The second kappa shape index (κ2) is 7.82. The SMILES string of the molecule is Cc1ccc(O[C@H](C)C(=O)NNC(=O)/C=C/C(=O)O)cc1C. The molecule has 2 amide bonds. The van der Waals surface area contributed by atoms with E-state index in [0.29, 0.717) is 11.8 Å². The Kier molecular flexibility index (Phi) is 6.12. The minimum absolute atomic E-state index is 0.544. The van der Waals surface area contributed by atoms with Crippen LogP contribution in [0.1, 0.15) is 18.1 Å². The van der Waals surface area contributed by atoms with Crippen molar-refractivity contribution in [2.24, 2.45) is 0 Å². The zero-order valence-corrected chi connectivity index (χ0v) is 12.5. The number of carboxylic acid groups (broad SMARTS) is 1. The number of ether oxygens (including phenoxy) is 1. The quantitative estimate of drug-likeness (QED) is 0.553. The molecule has 0 unspecified atom stereocenters. The van der Waals surface area contributed by atoms with Crippen LogP contribution in [0, 0.1) is 13.8 Å². The Morgan fingerprint density at radius 2 is 1.82 bits per heavy atom. The molecule has 0 aliphatic rings. The third-order valence-electron chi connectivity index (χ3n) is 2.85. The Bertz CT molecular complexity index is 610. The molecule has 1 atom stereocenters. The van der Waals surface area contributed by atoms with Crippen LogP contribution in [-0.4, -0.2) is 29.0 Å². The van der Waals surface area contributed by atoms with Crippen molar-refractivity contribution in [1.82, 2.24) is 10.9 Å². The van der Waals surface area contributed by atoms with Gasteiger partial charge in [0.25, 0.3) is 11.8 Å². The summed E-state index contributed by atoms with van der Waals surface area (Å²) in [4.78, 5) is 33.2. The van der Waals surface area contributed by atoms with Gasteiger partial charge in [-0.05, 0) is 44.0 Å². The van der Waals surface area contributed by atoms with Crippen molar-refractivity contribution in [3.05, 3.63) is 41.5 Å². The molecular weight excluding hydrogens is 288 g/mol. The van der Waals surface area contributed by atoms with Crippen LogP contribution in [-0.2, 0) is 14.4 Å². The van der Waals surface area contributed by atoms with Gasteiger partial charge in [0, 0.05) is 12.2 Å². The number of benzene rings is 1. The smallest absolute Gasteiger partial charge is 0.328 e. The number of aryl methyl sites for hydroxylation is 2. The molecular formula is C15H18N2O5. The lowest BCUT2D eigenvalue weighted by Crippen LogP contribution is -2.46. The van der Waals surface area contributed by atoms with Crippen molar-refractivity contribution in [3.63, 3.8) is 0 Å². The van der Waals surface area contributed by atoms with Gasteiger partial charge in [0.1, 0.15) is 5.75 Å². The number of aliphatic carboxylic acids is 1. The molecule has 7 heteroatoms. The number of hydrogen-bond donors (Lipinski definition) is 3. The molecule has 22 heavy (non-hydrogen) atoms. The zero-order valence-electron chi connectivity index (χ0n) is 12.5. The normalized spacial score (nSPS) is 11.8. The number of carbonyl (C=O) groups excluding carboxylic acids is 2. The Morgan fingerprint density at radius 3 is 2.41 bits per heavy atom. The number of carbonyl (C=O) groups is 3.